The quantitative estimate of drug-likeness (QED) is 0.696. The summed E-state index contributed by atoms with van der Waals surface area (Å²) in [6, 6.07) is 9.86. The number of benzene rings is 1. The number of nitrogens with zero attached hydrogens (tertiary/aromatic N) is 2. The van der Waals surface area contributed by atoms with Crippen molar-refractivity contribution >= 4 is 11.4 Å². The summed E-state index contributed by atoms with van der Waals surface area (Å²) in [6.07, 6.45) is 0. The van der Waals surface area contributed by atoms with E-state index in [2.05, 4.69) is 10.5 Å². The molecule has 0 aromatic heterocycles. The van der Waals surface area contributed by atoms with Crippen LogP contribution in [0.4, 0.5) is 5.69 Å². The average Bonchev–Trinajstić information content (AvgIpc) is 2.43. The highest BCUT2D eigenvalue weighted by atomic mass is 15.8. The van der Waals surface area contributed by atoms with Gasteiger partial charge in [0.15, 0.2) is 0 Å². The summed E-state index contributed by atoms with van der Waals surface area (Å²) in [5.41, 5.74) is 10.4. The smallest absolute Gasteiger partial charge is 0.123 e. The summed E-state index contributed by atoms with van der Waals surface area (Å²) in [5.74, 6) is 0. The molecule has 1 aromatic carbocycles. The Morgan fingerprint density at radius 3 is 2.50 bits per heavy atom. The van der Waals surface area contributed by atoms with Crippen LogP contribution in [-0.4, -0.2) is 11.4 Å². The molecule has 0 aliphatic carbocycles. The molecule has 1 aromatic rings. The zero-order chi connectivity index (χ0) is 10.2. The Kier molecular flexibility index (Phi) is 2.02. The minimum atomic E-state index is -0.546. The van der Waals surface area contributed by atoms with Crippen molar-refractivity contribution in [2.75, 3.05) is 5.12 Å². The molecule has 0 saturated carbocycles. The molecule has 0 radical (unpaired) electrons. The molecule has 0 saturated heterocycles. The summed E-state index contributed by atoms with van der Waals surface area (Å²) in [5, 5.41) is 6.03. The number of anilines is 1. The first-order valence-corrected chi connectivity index (χ1v) is 4.57. The fourth-order valence-corrected chi connectivity index (χ4v) is 1.27. The van der Waals surface area contributed by atoms with Crippen molar-refractivity contribution in [2.24, 2.45) is 10.8 Å². The van der Waals surface area contributed by atoms with Gasteiger partial charge in [-0.05, 0) is 26.0 Å². The van der Waals surface area contributed by atoms with E-state index in [9.17, 15) is 0 Å². The van der Waals surface area contributed by atoms with Crippen molar-refractivity contribution in [3.8, 4) is 0 Å². The lowest BCUT2D eigenvalue weighted by atomic mass is 10.1. The van der Waals surface area contributed by atoms with Gasteiger partial charge in [0.25, 0.3) is 0 Å². The lowest BCUT2D eigenvalue weighted by molar-refractivity contribution is 0.502. The minimum absolute atomic E-state index is 0.546. The lowest BCUT2D eigenvalue weighted by Crippen LogP contribution is -2.55. The maximum absolute atomic E-state index is 5.97. The predicted octanol–water partition coefficient (Wildman–Crippen LogP) is 1.06. The number of para-hydroxylation sites is 1. The maximum atomic E-state index is 5.97. The zero-order valence-corrected chi connectivity index (χ0v) is 8.36. The number of hydrazine groups is 1. The minimum Gasteiger partial charge on any atom is -0.307 e. The largest absolute Gasteiger partial charge is 0.307 e. The van der Waals surface area contributed by atoms with Crippen molar-refractivity contribution in [1.29, 1.82) is 0 Å². The Balaban J connectivity index is 2.26. The summed E-state index contributed by atoms with van der Waals surface area (Å²) in [6.45, 7) is 3.81. The Labute approximate surface area is 83.4 Å². The topological polar surface area (TPSA) is 53.6 Å². The van der Waals surface area contributed by atoms with Gasteiger partial charge in [-0.25, -0.2) is 0 Å². The lowest BCUT2D eigenvalue weighted by Gasteiger charge is -2.22. The van der Waals surface area contributed by atoms with Crippen molar-refractivity contribution in [3.05, 3.63) is 30.3 Å². The third-order valence-electron chi connectivity index (χ3n) is 2.34. The molecule has 1 aliphatic rings. The molecule has 14 heavy (non-hydrogen) atoms. The highest BCUT2D eigenvalue weighted by Gasteiger charge is 2.31. The SMILES string of the molecule is CC1=NN(c2ccccc2)NC1(C)N. The number of hydrogen-bond donors (Lipinski definition) is 2. The number of nitrogens with one attached hydrogen (secondary N) is 1. The van der Waals surface area contributed by atoms with Crippen LogP contribution in [0.3, 0.4) is 0 Å². The number of hydrazone groups is 1. The number of hydrogen-bond acceptors (Lipinski definition) is 4. The number of nitrogens with two attached hydrogens (primary N) is 1. The van der Waals surface area contributed by atoms with Gasteiger partial charge >= 0.3 is 0 Å². The third-order valence-corrected chi connectivity index (χ3v) is 2.34. The third kappa shape index (κ3) is 1.49. The van der Waals surface area contributed by atoms with Gasteiger partial charge in [-0.3, -0.25) is 0 Å². The molecular weight excluding hydrogens is 176 g/mol. The summed E-state index contributed by atoms with van der Waals surface area (Å²) < 4.78 is 0. The van der Waals surface area contributed by atoms with E-state index in [0.29, 0.717) is 0 Å². The Bertz CT molecular complexity index is 356. The molecule has 0 fully saturated rings. The second-order valence-corrected chi connectivity index (χ2v) is 3.65. The van der Waals surface area contributed by atoms with Crippen molar-refractivity contribution in [2.45, 2.75) is 19.5 Å². The first kappa shape index (κ1) is 9.18. The van der Waals surface area contributed by atoms with Crippen LogP contribution in [0, 0.1) is 0 Å². The standard InChI is InChI=1S/C10H14N4/c1-8-10(2,11)13-14(12-8)9-6-4-3-5-7-9/h3-7,13H,11H2,1-2H3. The second kappa shape index (κ2) is 3.08. The zero-order valence-electron chi connectivity index (χ0n) is 8.36. The van der Waals surface area contributed by atoms with Gasteiger partial charge in [-0.2, -0.15) is 15.6 Å². The molecule has 1 aliphatic heterocycles. The first-order valence-electron chi connectivity index (χ1n) is 4.57. The van der Waals surface area contributed by atoms with E-state index in [4.69, 9.17) is 5.73 Å². The Morgan fingerprint density at radius 2 is 2.00 bits per heavy atom. The van der Waals surface area contributed by atoms with E-state index in [0.717, 1.165) is 11.4 Å². The molecule has 1 unspecified atom stereocenters. The van der Waals surface area contributed by atoms with Crippen LogP contribution < -0.4 is 16.3 Å². The van der Waals surface area contributed by atoms with Crippen LogP contribution in [0.15, 0.2) is 35.4 Å². The summed E-state index contributed by atoms with van der Waals surface area (Å²) in [7, 11) is 0. The van der Waals surface area contributed by atoms with E-state index in [-0.39, 0.29) is 0 Å². The van der Waals surface area contributed by atoms with E-state index in [1.807, 2.05) is 44.2 Å². The van der Waals surface area contributed by atoms with E-state index in [1.165, 1.54) is 0 Å². The maximum Gasteiger partial charge on any atom is 0.123 e. The van der Waals surface area contributed by atoms with E-state index < -0.39 is 5.66 Å². The molecule has 4 nitrogen and oxygen atoms in total. The molecule has 1 atom stereocenters. The fourth-order valence-electron chi connectivity index (χ4n) is 1.27. The molecule has 4 heteroatoms. The van der Waals surface area contributed by atoms with Gasteiger partial charge in [0.1, 0.15) is 5.66 Å². The van der Waals surface area contributed by atoms with Gasteiger partial charge in [0.05, 0.1) is 11.4 Å². The van der Waals surface area contributed by atoms with Gasteiger partial charge in [0, 0.05) is 0 Å². The molecule has 0 bridgehead atoms. The molecule has 0 amide bonds. The van der Waals surface area contributed by atoms with Crippen LogP contribution in [0.5, 0.6) is 0 Å². The van der Waals surface area contributed by atoms with Crippen LogP contribution in [0.2, 0.25) is 0 Å². The van der Waals surface area contributed by atoms with Crippen LogP contribution >= 0.6 is 0 Å². The Morgan fingerprint density at radius 1 is 1.36 bits per heavy atom. The second-order valence-electron chi connectivity index (χ2n) is 3.65. The molecule has 3 N–H and O–H groups in total. The summed E-state index contributed by atoms with van der Waals surface area (Å²) >= 11 is 0. The fraction of sp³-hybridized carbons (Fsp3) is 0.300. The highest BCUT2D eigenvalue weighted by Crippen LogP contribution is 2.18. The van der Waals surface area contributed by atoms with E-state index in [1.54, 1.807) is 5.12 Å². The number of rotatable bonds is 1. The van der Waals surface area contributed by atoms with Gasteiger partial charge in [-0.15, -0.1) is 0 Å². The van der Waals surface area contributed by atoms with Crippen LogP contribution in [0.1, 0.15) is 13.8 Å². The molecule has 2 rings (SSSR count). The predicted molar refractivity (Wildman–Crippen MR) is 57.8 cm³/mol. The normalized spacial score (nSPS) is 26.5. The van der Waals surface area contributed by atoms with Gasteiger partial charge in [-0.1, -0.05) is 18.2 Å². The van der Waals surface area contributed by atoms with Crippen molar-refractivity contribution in [1.82, 2.24) is 5.43 Å². The van der Waals surface area contributed by atoms with Gasteiger partial charge in [0.2, 0.25) is 0 Å². The average molecular weight is 190 g/mol. The van der Waals surface area contributed by atoms with Crippen LogP contribution in [0.25, 0.3) is 0 Å². The van der Waals surface area contributed by atoms with Crippen molar-refractivity contribution in [3.63, 3.8) is 0 Å². The molecular formula is C10H14N4. The highest BCUT2D eigenvalue weighted by molar-refractivity contribution is 5.93. The van der Waals surface area contributed by atoms with E-state index >= 15 is 0 Å². The molecule has 0 spiro atoms. The first-order chi connectivity index (χ1) is 6.59. The van der Waals surface area contributed by atoms with Crippen molar-refractivity contribution < 1.29 is 0 Å². The van der Waals surface area contributed by atoms with Crippen LogP contribution in [-0.2, 0) is 0 Å². The monoisotopic (exact) mass is 190 g/mol. The molecule has 1 heterocycles. The molecule has 74 valence electrons. The Hall–Kier alpha value is -1.39. The summed E-state index contributed by atoms with van der Waals surface area (Å²) in [4.78, 5) is 0. The van der Waals surface area contributed by atoms with Gasteiger partial charge < -0.3 is 5.73 Å².